The number of rotatable bonds is 1. The Bertz CT molecular complexity index is 771. The Morgan fingerprint density at radius 2 is 1.52 bits per heavy atom. The third kappa shape index (κ3) is 4.92. The van der Waals surface area contributed by atoms with Crippen LogP contribution in [0.15, 0.2) is 18.2 Å². The summed E-state index contributed by atoms with van der Waals surface area (Å²) in [7, 11) is 0. The van der Waals surface area contributed by atoms with Gasteiger partial charge < -0.3 is 9.47 Å². The number of aryl methyl sites for hydroxylation is 1. The molecule has 1 aromatic heterocycles. The first kappa shape index (κ1) is 19.2. The first-order valence-electron chi connectivity index (χ1n) is 8.00. The van der Waals surface area contributed by atoms with Crippen LogP contribution in [0.3, 0.4) is 0 Å². The smallest absolute Gasteiger partial charge is 0.426 e. The van der Waals surface area contributed by atoms with Gasteiger partial charge in [-0.25, -0.2) is 14.6 Å². The predicted octanol–water partition coefficient (Wildman–Crippen LogP) is 5.28. The fourth-order valence-electron chi connectivity index (χ4n) is 2.02. The van der Waals surface area contributed by atoms with Gasteiger partial charge in [-0.2, -0.15) is 4.90 Å². The molecule has 6 nitrogen and oxygen atoms in total. The number of carbonyl (C=O) groups is 2. The summed E-state index contributed by atoms with van der Waals surface area (Å²) in [6.45, 7) is 12.3. The molecule has 25 heavy (non-hydrogen) atoms. The maximum absolute atomic E-state index is 12.6. The number of carbonyl (C=O) groups excluding carboxylic acids is 2. The predicted molar refractivity (Wildman–Crippen MR) is 99.3 cm³/mol. The molecule has 2 aromatic rings. The lowest BCUT2D eigenvalue weighted by molar-refractivity contribution is 0.0431. The third-order valence-corrected chi connectivity index (χ3v) is 3.96. The molecule has 1 aromatic carbocycles. The Kier molecular flexibility index (Phi) is 5.09. The van der Waals surface area contributed by atoms with Crippen LogP contribution in [0.25, 0.3) is 10.2 Å². The minimum Gasteiger partial charge on any atom is -0.443 e. The van der Waals surface area contributed by atoms with Crippen molar-refractivity contribution in [3.8, 4) is 0 Å². The zero-order valence-corrected chi connectivity index (χ0v) is 16.5. The van der Waals surface area contributed by atoms with Crippen molar-refractivity contribution in [1.82, 2.24) is 4.98 Å². The van der Waals surface area contributed by atoms with E-state index in [9.17, 15) is 9.59 Å². The quantitative estimate of drug-likeness (QED) is 0.688. The second kappa shape index (κ2) is 6.63. The van der Waals surface area contributed by atoms with Crippen LogP contribution in [-0.2, 0) is 9.47 Å². The molecule has 0 N–H and O–H groups in total. The summed E-state index contributed by atoms with van der Waals surface area (Å²) in [6, 6.07) is 5.73. The highest BCUT2D eigenvalue weighted by Gasteiger charge is 2.34. The van der Waals surface area contributed by atoms with Crippen LogP contribution in [-0.4, -0.2) is 28.4 Å². The summed E-state index contributed by atoms with van der Waals surface area (Å²) in [5, 5.41) is 0.229. The monoisotopic (exact) mass is 364 g/mol. The van der Waals surface area contributed by atoms with E-state index in [-0.39, 0.29) is 5.13 Å². The zero-order valence-electron chi connectivity index (χ0n) is 15.7. The summed E-state index contributed by atoms with van der Waals surface area (Å²) in [6.07, 6.45) is -1.61. The minimum atomic E-state index is -0.807. The number of hydrogen-bond acceptors (Lipinski definition) is 6. The van der Waals surface area contributed by atoms with Crippen LogP contribution in [0.1, 0.15) is 47.1 Å². The van der Waals surface area contributed by atoms with E-state index in [0.29, 0.717) is 0 Å². The number of aromatic nitrogens is 1. The largest absolute Gasteiger partial charge is 0.443 e. The maximum Gasteiger partial charge on any atom is 0.426 e. The molecule has 0 aliphatic heterocycles. The van der Waals surface area contributed by atoms with Crippen LogP contribution in [0.5, 0.6) is 0 Å². The highest BCUT2D eigenvalue weighted by molar-refractivity contribution is 7.22. The van der Waals surface area contributed by atoms with Gasteiger partial charge in [0.2, 0.25) is 5.13 Å². The topological polar surface area (TPSA) is 68.7 Å². The number of fused-ring (bicyclic) bond motifs is 1. The SMILES string of the molecule is Cc1cccc2sc(N(C(=O)OC(C)(C)C)C(=O)OC(C)(C)C)nc12. The molecule has 0 atom stereocenters. The normalized spacial score (nSPS) is 12.1. The van der Waals surface area contributed by atoms with Gasteiger partial charge in [0.05, 0.1) is 10.2 Å². The fraction of sp³-hybridized carbons (Fsp3) is 0.500. The summed E-state index contributed by atoms with van der Waals surface area (Å²) < 4.78 is 11.6. The molecule has 0 aliphatic rings. The van der Waals surface area contributed by atoms with Crippen molar-refractivity contribution in [3.05, 3.63) is 23.8 Å². The lowest BCUT2D eigenvalue weighted by atomic mass is 10.2. The second-order valence-corrected chi connectivity index (χ2v) is 8.72. The van der Waals surface area contributed by atoms with Crippen LogP contribution in [0.4, 0.5) is 14.7 Å². The fourth-order valence-corrected chi connectivity index (χ4v) is 3.04. The van der Waals surface area contributed by atoms with Crippen LogP contribution < -0.4 is 4.90 Å². The van der Waals surface area contributed by atoms with Crippen molar-refractivity contribution < 1.29 is 19.1 Å². The molecule has 2 amide bonds. The molecule has 1 heterocycles. The molecule has 0 radical (unpaired) electrons. The molecule has 0 aliphatic carbocycles. The molecular weight excluding hydrogens is 340 g/mol. The molecule has 0 unspecified atom stereocenters. The van der Waals surface area contributed by atoms with Gasteiger partial charge in [-0.3, -0.25) is 0 Å². The Balaban J connectivity index is 2.47. The van der Waals surface area contributed by atoms with Gasteiger partial charge in [0, 0.05) is 0 Å². The highest BCUT2D eigenvalue weighted by atomic mass is 32.1. The van der Waals surface area contributed by atoms with Gasteiger partial charge in [0.1, 0.15) is 11.2 Å². The van der Waals surface area contributed by atoms with Crippen LogP contribution in [0.2, 0.25) is 0 Å². The molecule has 136 valence electrons. The molecule has 0 bridgehead atoms. The van der Waals surface area contributed by atoms with E-state index in [1.807, 2.05) is 25.1 Å². The van der Waals surface area contributed by atoms with Gasteiger partial charge in [0.15, 0.2) is 0 Å². The van der Waals surface area contributed by atoms with E-state index in [1.54, 1.807) is 41.5 Å². The number of nitrogens with zero attached hydrogens (tertiary/aromatic N) is 2. The lowest BCUT2D eigenvalue weighted by Gasteiger charge is -2.27. The number of imide groups is 1. The number of ether oxygens (including phenoxy) is 2. The summed E-state index contributed by atoms with van der Waals surface area (Å²) in [4.78, 5) is 30.6. The summed E-state index contributed by atoms with van der Waals surface area (Å²) in [5.41, 5.74) is 0.224. The average molecular weight is 364 g/mol. The van der Waals surface area contributed by atoms with Crippen molar-refractivity contribution in [2.45, 2.75) is 59.7 Å². The molecular formula is C18H24N2O4S. The van der Waals surface area contributed by atoms with Gasteiger partial charge in [-0.1, -0.05) is 23.5 Å². The van der Waals surface area contributed by atoms with E-state index in [1.165, 1.54) is 11.3 Å². The zero-order chi connectivity index (χ0) is 19.0. The molecule has 7 heteroatoms. The van der Waals surface area contributed by atoms with Gasteiger partial charge in [-0.05, 0) is 60.1 Å². The van der Waals surface area contributed by atoms with E-state index in [0.717, 1.165) is 20.7 Å². The Hall–Kier alpha value is -2.15. The molecule has 0 spiro atoms. The Morgan fingerprint density at radius 3 is 1.96 bits per heavy atom. The first-order chi connectivity index (χ1) is 11.4. The van der Waals surface area contributed by atoms with E-state index in [4.69, 9.17) is 9.47 Å². The number of para-hydroxylation sites is 1. The molecule has 0 saturated carbocycles. The second-order valence-electron chi connectivity index (χ2n) is 7.71. The van der Waals surface area contributed by atoms with Gasteiger partial charge in [-0.15, -0.1) is 0 Å². The van der Waals surface area contributed by atoms with Gasteiger partial charge >= 0.3 is 12.2 Å². The number of amides is 2. The maximum atomic E-state index is 12.6. The number of thiazole rings is 1. The standard InChI is InChI=1S/C18H24N2O4S/c1-11-9-8-10-12-13(11)19-14(25-12)20(15(21)23-17(2,3)4)16(22)24-18(5,6)7/h8-10H,1-7H3. The lowest BCUT2D eigenvalue weighted by Crippen LogP contribution is -2.43. The molecule has 0 fully saturated rings. The molecule has 2 rings (SSSR count). The van der Waals surface area contributed by atoms with Crippen molar-refractivity contribution in [2.24, 2.45) is 0 Å². The summed E-state index contributed by atoms with van der Waals surface area (Å²) in [5.74, 6) is 0. The number of benzene rings is 1. The highest BCUT2D eigenvalue weighted by Crippen LogP contribution is 2.32. The van der Waals surface area contributed by atoms with Gasteiger partial charge in [0.25, 0.3) is 0 Å². The van der Waals surface area contributed by atoms with E-state index >= 15 is 0 Å². The van der Waals surface area contributed by atoms with Crippen molar-refractivity contribution in [2.75, 3.05) is 4.90 Å². The Labute approximate surface area is 151 Å². The first-order valence-corrected chi connectivity index (χ1v) is 8.81. The van der Waals surface area contributed by atoms with E-state index in [2.05, 4.69) is 4.98 Å². The molecule has 0 saturated heterocycles. The van der Waals surface area contributed by atoms with Crippen LogP contribution in [0, 0.1) is 6.92 Å². The van der Waals surface area contributed by atoms with Crippen molar-refractivity contribution in [1.29, 1.82) is 0 Å². The number of anilines is 1. The van der Waals surface area contributed by atoms with Crippen LogP contribution >= 0.6 is 11.3 Å². The summed E-state index contributed by atoms with van der Waals surface area (Å²) >= 11 is 1.24. The van der Waals surface area contributed by atoms with Crippen molar-refractivity contribution in [3.63, 3.8) is 0 Å². The Morgan fingerprint density at radius 1 is 1.00 bits per heavy atom. The number of hydrogen-bond donors (Lipinski definition) is 0. The third-order valence-electron chi connectivity index (χ3n) is 2.95. The average Bonchev–Trinajstić information content (AvgIpc) is 2.79. The van der Waals surface area contributed by atoms with E-state index < -0.39 is 23.4 Å². The van der Waals surface area contributed by atoms with Crippen molar-refractivity contribution >= 4 is 38.9 Å². The minimum absolute atomic E-state index is 0.229.